The quantitative estimate of drug-likeness (QED) is 0.800. The molecule has 0 N–H and O–H groups in total. The Balaban J connectivity index is 3.06. The Kier molecular flexibility index (Phi) is 4.45. The molecular weight excluding hydrogens is 212 g/mol. The van der Waals surface area contributed by atoms with Gasteiger partial charge in [0.15, 0.2) is 5.82 Å². The van der Waals surface area contributed by atoms with Crippen molar-refractivity contribution in [2.75, 3.05) is 18.5 Å². The third-order valence-corrected chi connectivity index (χ3v) is 3.19. The number of aromatic nitrogens is 2. The summed E-state index contributed by atoms with van der Waals surface area (Å²) in [5, 5.41) is 17.5. The molecule has 0 radical (unpaired) electrons. The van der Waals surface area contributed by atoms with Gasteiger partial charge in [0.05, 0.1) is 5.69 Å². The Morgan fingerprint density at radius 2 is 2.00 bits per heavy atom. The van der Waals surface area contributed by atoms with Gasteiger partial charge in [0, 0.05) is 13.6 Å². The minimum atomic E-state index is 0.579. The Morgan fingerprint density at radius 1 is 1.35 bits per heavy atom. The highest BCUT2D eigenvalue weighted by Gasteiger charge is 2.15. The van der Waals surface area contributed by atoms with Crippen LogP contribution in [0, 0.1) is 31.1 Å². The summed E-state index contributed by atoms with van der Waals surface area (Å²) in [6.45, 7) is 9.04. The summed E-state index contributed by atoms with van der Waals surface area (Å²) in [4.78, 5) is 2.02. The van der Waals surface area contributed by atoms with Gasteiger partial charge in [-0.15, -0.1) is 5.10 Å². The monoisotopic (exact) mass is 232 g/mol. The molecule has 1 rings (SSSR count). The Hall–Kier alpha value is -1.63. The van der Waals surface area contributed by atoms with E-state index in [2.05, 4.69) is 30.1 Å². The van der Waals surface area contributed by atoms with E-state index in [0.29, 0.717) is 17.3 Å². The molecule has 92 valence electrons. The van der Waals surface area contributed by atoms with E-state index in [9.17, 15) is 5.26 Å². The second-order valence-corrected chi connectivity index (χ2v) is 4.61. The fraction of sp³-hybridized carbons (Fsp3) is 0.615. The van der Waals surface area contributed by atoms with Gasteiger partial charge in [-0.2, -0.15) is 10.4 Å². The largest absolute Gasteiger partial charge is 0.357 e. The number of aryl methyl sites for hydroxylation is 1. The lowest BCUT2D eigenvalue weighted by molar-refractivity contribution is 0.556. The van der Waals surface area contributed by atoms with Gasteiger partial charge in [0.25, 0.3) is 0 Å². The summed E-state index contributed by atoms with van der Waals surface area (Å²) in [6, 6.07) is 2.23. The van der Waals surface area contributed by atoms with Crippen molar-refractivity contribution in [3.05, 3.63) is 16.8 Å². The van der Waals surface area contributed by atoms with E-state index in [0.717, 1.165) is 24.2 Å². The van der Waals surface area contributed by atoms with E-state index in [1.54, 1.807) is 0 Å². The van der Waals surface area contributed by atoms with Crippen LogP contribution < -0.4 is 4.90 Å². The molecule has 1 aromatic rings. The van der Waals surface area contributed by atoms with E-state index in [1.807, 2.05) is 25.8 Å². The van der Waals surface area contributed by atoms with Crippen LogP contribution in [-0.2, 0) is 0 Å². The maximum absolute atomic E-state index is 9.22. The smallest absolute Gasteiger partial charge is 0.169 e. The molecule has 0 amide bonds. The second-order valence-electron chi connectivity index (χ2n) is 4.61. The van der Waals surface area contributed by atoms with Gasteiger partial charge in [-0.1, -0.05) is 20.3 Å². The minimum Gasteiger partial charge on any atom is -0.357 e. The topological polar surface area (TPSA) is 52.8 Å². The van der Waals surface area contributed by atoms with Gasteiger partial charge < -0.3 is 4.90 Å². The van der Waals surface area contributed by atoms with E-state index >= 15 is 0 Å². The van der Waals surface area contributed by atoms with E-state index < -0.39 is 0 Å². The third kappa shape index (κ3) is 2.94. The number of hydrogen-bond donors (Lipinski definition) is 0. The molecule has 0 aliphatic rings. The zero-order valence-corrected chi connectivity index (χ0v) is 11.3. The molecule has 0 fully saturated rings. The van der Waals surface area contributed by atoms with Crippen molar-refractivity contribution < 1.29 is 0 Å². The molecule has 0 aliphatic heterocycles. The molecule has 0 spiro atoms. The number of rotatable bonds is 4. The molecule has 0 saturated heterocycles. The van der Waals surface area contributed by atoms with E-state index in [1.165, 1.54) is 0 Å². The number of anilines is 1. The van der Waals surface area contributed by atoms with Crippen molar-refractivity contribution in [2.45, 2.75) is 34.1 Å². The molecule has 17 heavy (non-hydrogen) atoms. The Labute approximate surface area is 103 Å². The van der Waals surface area contributed by atoms with Gasteiger partial charge in [-0.05, 0) is 25.3 Å². The van der Waals surface area contributed by atoms with Gasteiger partial charge >= 0.3 is 0 Å². The lowest BCUT2D eigenvalue weighted by Gasteiger charge is -2.22. The maximum atomic E-state index is 9.22. The summed E-state index contributed by atoms with van der Waals surface area (Å²) in [6.07, 6.45) is 1.12. The highest BCUT2D eigenvalue weighted by Crippen LogP contribution is 2.21. The summed E-state index contributed by atoms with van der Waals surface area (Å²) >= 11 is 0. The molecule has 0 saturated carbocycles. The van der Waals surface area contributed by atoms with Crippen molar-refractivity contribution in [1.82, 2.24) is 10.2 Å². The number of hydrogen-bond acceptors (Lipinski definition) is 4. The first kappa shape index (κ1) is 13.4. The first-order valence-corrected chi connectivity index (χ1v) is 5.96. The molecule has 0 aliphatic carbocycles. The first-order chi connectivity index (χ1) is 8.01. The molecule has 0 bridgehead atoms. The molecule has 4 heteroatoms. The number of nitriles is 1. The molecule has 0 aromatic carbocycles. The van der Waals surface area contributed by atoms with Crippen molar-refractivity contribution in [3.8, 4) is 6.07 Å². The summed E-state index contributed by atoms with van der Waals surface area (Å²) < 4.78 is 0. The summed E-state index contributed by atoms with van der Waals surface area (Å²) in [7, 11) is 1.96. The average Bonchev–Trinajstić information content (AvgIpc) is 2.31. The van der Waals surface area contributed by atoms with Crippen LogP contribution in [0.1, 0.15) is 37.1 Å². The van der Waals surface area contributed by atoms with Crippen LogP contribution in [0.25, 0.3) is 0 Å². The van der Waals surface area contributed by atoms with E-state index in [4.69, 9.17) is 0 Å². The molecule has 1 aromatic heterocycles. The third-order valence-electron chi connectivity index (χ3n) is 3.19. The highest BCUT2D eigenvalue weighted by atomic mass is 15.2. The fourth-order valence-electron chi connectivity index (χ4n) is 1.68. The zero-order chi connectivity index (χ0) is 13.0. The van der Waals surface area contributed by atoms with Crippen molar-refractivity contribution in [1.29, 1.82) is 5.26 Å². The minimum absolute atomic E-state index is 0.579. The Bertz CT molecular complexity index is 434. The van der Waals surface area contributed by atoms with Crippen molar-refractivity contribution in [2.24, 2.45) is 5.92 Å². The van der Waals surface area contributed by atoms with Gasteiger partial charge in [-0.3, -0.25) is 0 Å². The fourth-order valence-corrected chi connectivity index (χ4v) is 1.68. The summed E-state index contributed by atoms with van der Waals surface area (Å²) in [5.74, 6) is 1.27. The lowest BCUT2D eigenvalue weighted by Crippen LogP contribution is -2.26. The zero-order valence-electron chi connectivity index (χ0n) is 11.3. The van der Waals surface area contributed by atoms with Crippen molar-refractivity contribution in [3.63, 3.8) is 0 Å². The normalized spacial score (nSPS) is 12.0. The predicted octanol–water partition coefficient (Wildman–Crippen LogP) is 2.45. The van der Waals surface area contributed by atoms with Crippen LogP contribution in [0.15, 0.2) is 0 Å². The van der Waals surface area contributed by atoms with E-state index in [-0.39, 0.29) is 0 Å². The van der Waals surface area contributed by atoms with Crippen LogP contribution >= 0.6 is 0 Å². The highest BCUT2D eigenvalue weighted by molar-refractivity contribution is 5.57. The standard InChI is InChI=1S/C13H20N4/c1-6-9(2)8-17(5)13-12(7-14)10(3)11(4)15-16-13/h9H,6,8H2,1-5H3. The van der Waals surface area contributed by atoms with Crippen LogP contribution in [0.4, 0.5) is 5.82 Å². The van der Waals surface area contributed by atoms with Crippen molar-refractivity contribution >= 4 is 5.82 Å². The van der Waals surface area contributed by atoms with Crippen LogP contribution in [0.2, 0.25) is 0 Å². The van der Waals surface area contributed by atoms with Gasteiger partial charge in [-0.25, -0.2) is 0 Å². The summed E-state index contributed by atoms with van der Waals surface area (Å²) in [5.41, 5.74) is 2.39. The van der Waals surface area contributed by atoms with Crippen LogP contribution in [-0.4, -0.2) is 23.8 Å². The molecule has 1 unspecified atom stereocenters. The predicted molar refractivity (Wildman–Crippen MR) is 68.9 cm³/mol. The maximum Gasteiger partial charge on any atom is 0.169 e. The molecule has 4 nitrogen and oxygen atoms in total. The number of nitrogens with zero attached hydrogens (tertiary/aromatic N) is 4. The second kappa shape index (κ2) is 5.62. The lowest BCUT2D eigenvalue weighted by atomic mass is 10.1. The molecule has 1 atom stereocenters. The van der Waals surface area contributed by atoms with Crippen LogP contribution in [0.3, 0.4) is 0 Å². The van der Waals surface area contributed by atoms with Gasteiger partial charge in [0.1, 0.15) is 11.6 Å². The SMILES string of the molecule is CCC(C)CN(C)c1nnc(C)c(C)c1C#N. The first-order valence-electron chi connectivity index (χ1n) is 5.96. The molecule has 1 heterocycles. The molecular formula is C13H20N4. The Morgan fingerprint density at radius 3 is 2.53 bits per heavy atom. The van der Waals surface area contributed by atoms with Crippen LogP contribution in [0.5, 0.6) is 0 Å². The van der Waals surface area contributed by atoms with Gasteiger partial charge in [0.2, 0.25) is 0 Å². The average molecular weight is 232 g/mol.